The third-order valence-electron chi connectivity index (χ3n) is 2.95. The lowest BCUT2D eigenvalue weighted by molar-refractivity contribution is 0.0138. The monoisotopic (exact) mass is 166 g/mol. The van der Waals surface area contributed by atoms with E-state index < -0.39 is 0 Å². The number of hydrogen-bond donors (Lipinski definition) is 0. The molecule has 0 amide bonds. The van der Waals surface area contributed by atoms with Crippen molar-refractivity contribution in [3.8, 4) is 0 Å². The molecular formula is C11H18O. The quantitative estimate of drug-likeness (QED) is 0.582. The minimum absolute atomic E-state index is 0.108. The minimum atomic E-state index is -0.108. The molecule has 0 aromatic rings. The Labute approximate surface area is 75.1 Å². The molecule has 0 saturated heterocycles. The van der Waals surface area contributed by atoms with Crippen molar-refractivity contribution >= 4 is 0 Å². The van der Waals surface area contributed by atoms with Crippen LogP contribution < -0.4 is 0 Å². The van der Waals surface area contributed by atoms with Crippen molar-refractivity contribution in [2.75, 3.05) is 7.11 Å². The lowest BCUT2D eigenvalue weighted by atomic mass is 9.79. The Morgan fingerprint density at radius 3 is 2.50 bits per heavy atom. The maximum absolute atomic E-state index is 5.51. The second-order valence-corrected chi connectivity index (χ2v) is 3.89. The molecule has 0 aromatic carbocycles. The van der Waals surface area contributed by atoms with Gasteiger partial charge in [0.15, 0.2) is 0 Å². The van der Waals surface area contributed by atoms with Gasteiger partial charge >= 0.3 is 0 Å². The van der Waals surface area contributed by atoms with Gasteiger partial charge in [-0.25, -0.2) is 0 Å². The van der Waals surface area contributed by atoms with E-state index in [9.17, 15) is 0 Å². The van der Waals surface area contributed by atoms with Crippen LogP contribution in [0.25, 0.3) is 0 Å². The summed E-state index contributed by atoms with van der Waals surface area (Å²) in [5.41, 5.74) is 2.59. The highest BCUT2D eigenvalue weighted by molar-refractivity contribution is 5.32. The molecule has 0 saturated carbocycles. The molecule has 0 spiro atoms. The predicted octanol–water partition coefficient (Wildman–Crippen LogP) is 2.93. The van der Waals surface area contributed by atoms with Crippen molar-refractivity contribution in [2.24, 2.45) is 5.92 Å². The SMILES string of the molecule is COC1(C)C=C(C)C=C(C)C1C. The Kier molecular flexibility index (Phi) is 2.43. The zero-order valence-electron chi connectivity index (χ0n) is 8.64. The van der Waals surface area contributed by atoms with E-state index in [2.05, 4.69) is 39.8 Å². The first-order chi connectivity index (χ1) is 5.49. The van der Waals surface area contributed by atoms with Crippen molar-refractivity contribution in [1.29, 1.82) is 0 Å². The maximum atomic E-state index is 5.51. The van der Waals surface area contributed by atoms with Gasteiger partial charge in [-0.3, -0.25) is 0 Å². The van der Waals surface area contributed by atoms with Crippen molar-refractivity contribution in [3.05, 3.63) is 23.3 Å². The molecule has 1 aliphatic carbocycles. The van der Waals surface area contributed by atoms with E-state index in [1.165, 1.54) is 11.1 Å². The molecule has 0 aliphatic heterocycles. The largest absolute Gasteiger partial charge is 0.374 e. The number of ether oxygens (including phenoxy) is 1. The summed E-state index contributed by atoms with van der Waals surface area (Å²) in [5, 5.41) is 0. The summed E-state index contributed by atoms with van der Waals surface area (Å²) >= 11 is 0. The summed E-state index contributed by atoms with van der Waals surface area (Å²) in [6.07, 6.45) is 4.43. The second kappa shape index (κ2) is 3.06. The van der Waals surface area contributed by atoms with Gasteiger partial charge in [0.1, 0.15) is 0 Å². The van der Waals surface area contributed by atoms with E-state index in [1.807, 2.05) is 0 Å². The molecule has 0 heterocycles. The molecule has 0 fully saturated rings. The average Bonchev–Trinajstić information content (AvgIpc) is 2.00. The summed E-state index contributed by atoms with van der Waals surface area (Å²) in [6.45, 7) is 8.63. The van der Waals surface area contributed by atoms with Crippen molar-refractivity contribution in [3.63, 3.8) is 0 Å². The zero-order valence-corrected chi connectivity index (χ0v) is 8.64. The molecule has 0 aromatic heterocycles. The average molecular weight is 166 g/mol. The molecule has 1 nitrogen and oxygen atoms in total. The highest BCUT2D eigenvalue weighted by atomic mass is 16.5. The Hall–Kier alpha value is -0.560. The highest BCUT2D eigenvalue weighted by Gasteiger charge is 2.31. The summed E-state index contributed by atoms with van der Waals surface area (Å²) < 4.78 is 5.51. The van der Waals surface area contributed by atoms with E-state index in [4.69, 9.17) is 4.74 Å². The van der Waals surface area contributed by atoms with Crippen LogP contribution in [0.3, 0.4) is 0 Å². The zero-order chi connectivity index (χ0) is 9.35. The summed E-state index contributed by atoms with van der Waals surface area (Å²) in [4.78, 5) is 0. The van der Waals surface area contributed by atoms with Gasteiger partial charge in [0, 0.05) is 13.0 Å². The van der Waals surface area contributed by atoms with Crippen molar-refractivity contribution in [1.82, 2.24) is 0 Å². The molecule has 1 rings (SSSR count). The number of hydrogen-bond acceptors (Lipinski definition) is 1. The lowest BCUT2D eigenvalue weighted by Gasteiger charge is -2.35. The number of rotatable bonds is 1. The van der Waals surface area contributed by atoms with Gasteiger partial charge in [-0.15, -0.1) is 0 Å². The van der Waals surface area contributed by atoms with Crippen molar-refractivity contribution < 1.29 is 4.74 Å². The van der Waals surface area contributed by atoms with Gasteiger partial charge in [-0.2, -0.15) is 0 Å². The Balaban J connectivity index is 3.01. The third kappa shape index (κ3) is 1.46. The standard InChI is InChI=1S/C11H18O/c1-8-6-9(2)10(3)11(4,7-8)12-5/h6-7,10H,1-5H3. The van der Waals surface area contributed by atoms with Gasteiger partial charge in [-0.1, -0.05) is 24.1 Å². The summed E-state index contributed by atoms with van der Waals surface area (Å²) in [5.74, 6) is 0.478. The molecule has 2 atom stereocenters. The van der Waals surface area contributed by atoms with Gasteiger partial charge < -0.3 is 4.74 Å². The molecule has 2 unspecified atom stereocenters. The van der Waals surface area contributed by atoms with E-state index in [0.29, 0.717) is 5.92 Å². The van der Waals surface area contributed by atoms with E-state index in [1.54, 1.807) is 7.11 Å². The first-order valence-electron chi connectivity index (χ1n) is 4.42. The molecule has 0 bridgehead atoms. The fourth-order valence-corrected chi connectivity index (χ4v) is 1.79. The topological polar surface area (TPSA) is 9.23 Å². The fraction of sp³-hybridized carbons (Fsp3) is 0.636. The smallest absolute Gasteiger partial charge is 0.0898 e. The molecule has 68 valence electrons. The van der Waals surface area contributed by atoms with Crippen LogP contribution in [0.5, 0.6) is 0 Å². The van der Waals surface area contributed by atoms with Gasteiger partial charge in [-0.05, 0) is 26.8 Å². The maximum Gasteiger partial charge on any atom is 0.0898 e. The Bertz CT molecular complexity index is 237. The molecule has 1 aliphatic rings. The molecule has 0 N–H and O–H groups in total. The fourth-order valence-electron chi connectivity index (χ4n) is 1.79. The first-order valence-corrected chi connectivity index (χ1v) is 4.42. The van der Waals surface area contributed by atoms with E-state index in [0.717, 1.165) is 0 Å². The summed E-state index contributed by atoms with van der Waals surface area (Å²) in [6, 6.07) is 0. The van der Waals surface area contributed by atoms with Crippen LogP contribution in [-0.4, -0.2) is 12.7 Å². The summed E-state index contributed by atoms with van der Waals surface area (Å²) in [7, 11) is 1.78. The molecule has 12 heavy (non-hydrogen) atoms. The minimum Gasteiger partial charge on any atom is -0.374 e. The molecule has 1 heteroatoms. The molecule has 0 radical (unpaired) electrons. The van der Waals surface area contributed by atoms with Crippen LogP contribution in [-0.2, 0) is 4.74 Å². The van der Waals surface area contributed by atoms with Crippen molar-refractivity contribution in [2.45, 2.75) is 33.3 Å². The van der Waals surface area contributed by atoms with Gasteiger partial charge in [0.25, 0.3) is 0 Å². The number of allylic oxidation sites excluding steroid dienone is 2. The van der Waals surface area contributed by atoms with Crippen LogP contribution >= 0.6 is 0 Å². The highest BCUT2D eigenvalue weighted by Crippen LogP contribution is 2.34. The third-order valence-corrected chi connectivity index (χ3v) is 2.95. The van der Waals surface area contributed by atoms with E-state index >= 15 is 0 Å². The lowest BCUT2D eigenvalue weighted by Crippen LogP contribution is -2.35. The van der Waals surface area contributed by atoms with Crippen LogP contribution in [0.1, 0.15) is 27.7 Å². The van der Waals surface area contributed by atoms with Crippen LogP contribution in [0.15, 0.2) is 23.3 Å². The molecular weight excluding hydrogens is 148 g/mol. The normalized spacial score (nSPS) is 35.9. The second-order valence-electron chi connectivity index (χ2n) is 3.89. The van der Waals surface area contributed by atoms with Crippen LogP contribution in [0.2, 0.25) is 0 Å². The van der Waals surface area contributed by atoms with Crippen LogP contribution in [0.4, 0.5) is 0 Å². The van der Waals surface area contributed by atoms with Crippen LogP contribution in [0, 0.1) is 5.92 Å². The Morgan fingerprint density at radius 1 is 1.42 bits per heavy atom. The van der Waals surface area contributed by atoms with E-state index in [-0.39, 0.29) is 5.60 Å². The van der Waals surface area contributed by atoms with Gasteiger partial charge in [0.05, 0.1) is 5.60 Å². The Morgan fingerprint density at radius 2 is 2.00 bits per heavy atom. The first kappa shape index (κ1) is 9.53. The number of methoxy groups -OCH3 is 1. The van der Waals surface area contributed by atoms with Gasteiger partial charge in [0.2, 0.25) is 0 Å². The predicted molar refractivity (Wildman–Crippen MR) is 52.1 cm³/mol.